The molecule has 0 unspecified atom stereocenters. The monoisotopic (exact) mass is 386 g/mol. The first-order chi connectivity index (χ1) is 12.4. The van der Waals surface area contributed by atoms with Crippen molar-refractivity contribution in [1.82, 2.24) is 9.80 Å². The molecule has 0 aromatic heterocycles. The van der Waals surface area contributed by atoms with Crippen LogP contribution in [0.3, 0.4) is 0 Å². The largest absolute Gasteiger partial charge is 0.296 e. The lowest BCUT2D eigenvalue weighted by molar-refractivity contribution is 0.0410. The number of fused-ring (bicyclic) bond motifs is 2. The van der Waals surface area contributed by atoms with Crippen molar-refractivity contribution in [2.45, 2.75) is 48.6 Å². The third-order valence-corrected chi connectivity index (χ3v) is 7.09. The zero-order valence-electron chi connectivity index (χ0n) is 15.8. The Balaban J connectivity index is 1.66. The minimum atomic E-state index is 0.249. The number of hydrogen-bond donors (Lipinski definition) is 0. The van der Waals surface area contributed by atoms with Gasteiger partial charge in [0.2, 0.25) is 0 Å². The minimum absolute atomic E-state index is 0.249. The molecule has 0 bridgehead atoms. The molecular weight excluding hydrogens is 360 g/mol. The second kappa shape index (κ2) is 7.20. The summed E-state index contributed by atoms with van der Waals surface area (Å²) in [5.74, 6) is 0. The fourth-order valence-electron chi connectivity index (χ4n) is 4.11. The summed E-state index contributed by atoms with van der Waals surface area (Å²) in [6.07, 6.45) is 1.06. The summed E-state index contributed by atoms with van der Waals surface area (Å²) in [6.45, 7) is 11.4. The zero-order chi connectivity index (χ0) is 18.3. The molecule has 4 rings (SSSR count). The van der Waals surface area contributed by atoms with Crippen molar-refractivity contribution >= 4 is 23.4 Å². The van der Waals surface area contributed by atoms with E-state index in [4.69, 9.17) is 11.6 Å². The number of rotatable bonds is 1. The Bertz CT molecular complexity index is 791. The normalized spacial score (nSPS) is 21.8. The molecule has 2 nitrogen and oxygen atoms in total. The highest BCUT2D eigenvalue weighted by Crippen LogP contribution is 2.43. The second-order valence-corrected chi connectivity index (χ2v) is 9.83. The molecule has 0 spiro atoms. The number of nitrogens with zero attached hydrogens (tertiary/aromatic N) is 2. The zero-order valence-corrected chi connectivity index (χ0v) is 17.4. The number of hydrogen-bond acceptors (Lipinski definition) is 3. The van der Waals surface area contributed by atoms with Crippen molar-refractivity contribution in [1.29, 1.82) is 0 Å². The quantitative estimate of drug-likeness (QED) is 0.638. The average Bonchev–Trinajstić information content (AvgIpc) is 2.77. The van der Waals surface area contributed by atoms with E-state index in [1.807, 2.05) is 17.8 Å². The Hall–Kier alpha value is -1.00. The minimum Gasteiger partial charge on any atom is -0.296 e. The molecule has 2 aromatic carbocycles. The van der Waals surface area contributed by atoms with E-state index in [0.29, 0.717) is 6.04 Å². The van der Waals surface area contributed by atoms with E-state index in [1.165, 1.54) is 20.9 Å². The number of benzene rings is 2. The summed E-state index contributed by atoms with van der Waals surface area (Å²) in [6, 6.07) is 15.7. The third kappa shape index (κ3) is 3.68. The summed E-state index contributed by atoms with van der Waals surface area (Å²) in [7, 11) is 0. The molecule has 0 aliphatic carbocycles. The lowest BCUT2D eigenvalue weighted by Gasteiger charge is -2.44. The van der Waals surface area contributed by atoms with Crippen molar-refractivity contribution in [3.8, 4) is 0 Å². The van der Waals surface area contributed by atoms with E-state index in [1.54, 1.807) is 0 Å². The highest BCUT2D eigenvalue weighted by atomic mass is 35.5. The van der Waals surface area contributed by atoms with Gasteiger partial charge in [0.15, 0.2) is 0 Å². The molecule has 4 heteroatoms. The van der Waals surface area contributed by atoms with Gasteiger partial charge in [0.25, 0.3) is 0 Å². The van der Waals surface area contributed by atoms with Crippen LogP contribution < -0.4 is 0 Å². The van der Waals surface area contributed by atoms with Gasteiger partial charge in [-0.1, -0.05) is 41.6 Å². The van der Waals surface area contributed by atoms with Gasteiger partial charge in [-0.2, -0.15) is 0 Å². The lowest BCUT2D eigenvalue weighted by atomic mass is 9.96. The van der Waals surface area contributed by atoms with E-state index in [0.717, 1.165) is 37.6 Å². The van der Waals surface area contributed by atoms with Gasteiger partial charge in [0, 0.05) is 52.6 Å². The molecule has 0 saturated carbocycles. The van der Waals surface area contributed by atoms with Crippen molar-refractivity contribution in [3.05, 3.63) is 58.6 Å². The molecular formula is C22H27ClN2S. The van der Waals surface area contributed by atoms with E-state index >= 15 is 0 Å². The van der Waals surface area contributed by atoms with E-state index in [-0.39, 0.29) is 5.54 Å². The molecule has 2 aliphatic heterocycles. The standard InChI is InChI=1S/C22H27ClN2S/c1-22(2,3)25-12-10-24(11-13-25)19-14-16-6-4-5-7-20(16)26-21-9-8-17(23)15-18(19)21/h4-9,15,19H,10-14H2,1-3H3/t19-/m1/s1. The molecule has 0 radical (unpaired) electrons. The van der Waals surface area contributed by atoms with Gasteiger partial charge in [-0.3, -0.25) is 9.80 Å². The maximum atomic E-state index is 6.39. The fourth-order valence-corrected chi connectivity index (χ4v) is 5.41. The first-order valence-electron chi connectivity index (χ1n) is 9.46. The number of piperazine rings is 1. The molecule has 1 atom stereocenters. The van der Waals surface area contributed by atoms with Gasteiger partial charge >= 0.3 is 0 Å². The van der Waals surface area contributed by atoms with Gasteiger partial charge in [0.05, 0.1) is 0 Å². The first-order valence-corrected chi connectivity index (χ1v) is 10.7. The molecule has 0 N–H and O–H groups in total. The van der Waals surface area contributed by atoms with Crippen molar-refractivity contribution in [3.63, 3.8) is 0 Å². The van der Waals surface area contributed by atoms with Gasteiger partial charge < -0.3 is 0 Å². The van der Waals surface area contributed by atoms with Crippen molar-refractivity contribution < 1.29 is 0 Å². The first kappa shape index (κ1) is 18.4. The van der Waals surface area contributed by atoms with Crippen LogP contribution in [0.15, 0.2) is 52.3 Å². The molecule has 0 amide bonds. The van der Waals surface area contributed by atoms with E-state index < -0.39 is 0 Å². The van der Waals surface area contributed by atoms with Gasteiger partial charge in [-0.05, 0) is 62.6 Å². The summed E-state index contributed by atoms with van der Waals surface area (Å²) in [4.78, 5) is 8.00. The summed E-state index contributed by atoms with van der Waals surface area (Å²) in [5.41, 5.74) is 3.09. The molecule has 26 heavy (non-hydrogen) atoms. The van der Waals surface area contributed by atoms with Crippen LogP contribution in [-0.4, -0.2) is 41.5 Å². The van der Waals surface area contributed by atoms with Crippen LogP contribution in [0.4, 0.5) is 0 Å². The molecule has 2 aromatic rings. The predicted molar refractivity (Wildman–Crippen MR) is 111 cm³/mol. The van der Waals surface area contributed by atoms with Crippen LogP contribution in [0.1, 0.15) is 37.9 Å². The Kier molecular flexibility index (Phi) is 5.08. The SMILES string of the molecule is CC(C)(C)N1CCN([C@@H]2Cc3ccccc3Sc3ccc(Cl)cc32)CC1. The molecule has 2 heterocycles. The smallest absolute Gasteiger partial charge is 0.0410 e. The Morgan fingerprint density at radius 2 is 1.69 bits per heavy atom. The van der Waals surface area contributed by atoms with Crippen LogP contribution in [-0.2, 0) is 6.42 Å². The van der Waals surface area contributed by atoms with Crippen LogP contribution in [0.25, 0.3) is 0 Å². The Morgan fingerprint density at radius 3 is 2.42 bits per heavy atom. The highest BCUT2D eigenvalue weighted by molar-refractivity contribution is 7.99. The second-order valence-electron chi connectivity index (χ2n) is 8.31. The van der Waals surface area contributed by atoms with Gasteiger partial charge in [-0.15, -0.1) is 0 Å². The van der Waals surface area contributed by atoms with Crippen LogP contribution in [0.5, 0.6) is 0 Å². The lowest BCUT2D eigenvalue weighted by Crippen LogP contribution is -2.54. The molecule has 138 valence electrons. The summed E-state index contributed by atoms with van der Waals surface area (Å²) in [5, 5.41) is 0.841. The van der Waals surface area contributed by atoms with Crippen molar-refractivity contribution in [2.24, 2.45) is 0 Å². The maximum Gasteiger partial charge on any atom is 0.0410 e. The van der Waals surface area contributed by atoms with E-state index in [2.05, 4.69) is 67.0 Å². The van der Waals surface area contributed by atoms with E-state index in [9.17, 15) is 0 Å². The summed E-state index contributed by atoms with van der Waals surface area (Å²) >= 11 is 8.28. The van der Waals surface area contributed by atoms with Crippen LogP contribution >= 0.6 is 23.4 Å². The van der Waals surface area contributed by atoms with Crippen molar-refractivity contribution in [2.75, 3.05) is 26.2 Å². The molecule has 1 fully saturated rings. The topological polar surface area (TPSA) is 6.48 Å². The average molecular weight is 387 g/mol. The van der Waals surface area contributed by atoms with Crippen LogP contribution in [0, 0.1) is 0 Å². The van der Waals surface area contributed by atoms with Gasteiger partial charge in [0.1, 0.15) is 0 Å². The number of halogens is 1. The fraction of sp³-hybridized carbons (Fsp3) is 0.455. The molecule has 2 aliphatic rings. The summed E-state index contributed by atoms with van der Waals surface area (Å²) < 4.78 is 0. The van der Waals surface area contributed by atoms with Gasteiger partial charge in [-0.25, -0.2) is 0 Å². The third-order valence-electron chi connectivity index (χ3n) is 5.64. The molecule has 1 saturated heterocycles. The maximum absolute atomic E-state index is 6.39. The Morgan fingerprint density at radius 1 is 0.962 bits per heavy atom. The predicted octanol–water partition coefficient (Wildman–Crippen LogP) is 5.50. The highest BCUT2D eigenvalue weighted by Gasteiger charge is 2.32. The Labute approximate surface area is 166 Å². The van der Waals surface area contributed by atoms with Crippen LogP contribution in [0.2, 0.25) is 5.02 Å².